The highest BCUT2D eigenvalue weighted by Gasteiger charge is 2.52. The molecule has 0 radical (unpaired) electrons. The van der Waals surface area contributed by atoms with Gasteiger partial charge in [-0.3, -0.25) is 9.59 Å². The third kappa shape index (κ3) is 6.31. The molecule has 0 saturated heterocycles. The van der Waals surface area contributed by atoms with Crippen LogP contribution in [0.5, 0.6) is 0 Å². The highest BCUT2D eigenvalue weighted by molar-refractivity contribution is 8.03. The lowest BCUT2D eigenvalue weighted by Crippen LogP contribution is -2.36. The fraction of sp³-hybridized carbons (Fsp3) is 0.0244. The number of benzene rings is 6. The Bertz CT molecular complexity index is 1800. The molecule has 0 heterocycles. The van der Waals surface area contributed by atoms with Crippen LogP contribution in [0.4, 0.5) is 0 Å². The number of Topliss-reactive ketones (excluding diaryl/α,β-unsaturated/α-hetero) is 1. The first-order valence-corrected chi connectivity index (χ1v) is 16.8. The zero-order valence-corrected chi connectivity index (χ0v) is 25.7. The van der Waals surface area contributed by atoms with Gasteiger partial charge in [0.1, 0.15) is 34.2 Å². The van der Waals surface area contributed by atoms with E-state index in [2.05, 4.69) is 41.7 Å². The van der Waals surface area contributed by atoms with Crippen LogP contribution in [0.3, 0.4) is 0 Å². The molecule has 0 aliphatic heterocycles. The highest BCUT2D eigenvalue weighted by atomic mass is 31.2. The van der Waals surface area contributed by atoms with Crippen molar-refractivity contribution in [3.8, 4) is 0 Å². The van der Waals surface area contributed by atoms with E-state index in [0.717, 1.165) is 32.4 Å². The summed E-state index contributed by atoms with van der Waals surface area (Å²) in [6, 6.07) is 60.0. The Morgan fingerprint density at radius 1 is 0.444 bits per heavy atom. The number of hydrogen-bond acceptors (Lipinski definition) is 2. The molecule has 3 nitrogen and oxygen atoms in total. The average Bonchev–Trinajstić information content (AvgIpc) is 3.12. The first kappa shape index (κ1) is 29.7. The molecular weight excluding hydrogens is 569 g/mol. The van der Waals surface area contributed by atoms with E-state index in [4.69, 9.17) is 0 Å². The summed E-state index contributed by atoms with van der Waals surface area (Å²) in [5, 5.41) is 7.25. The summed E-state index contributed by atoms with van der Waals surface area (Å²) in [4.78, 5) is 28.8. The molecule has 6 rings (SSSR count). The van der Waals surface area contributed by atoms with Crippen LogP contribution in [-0.4, -0.2) is 11.7 Å². The first-order chi connectivity index (χ1) is 22.2. The number of nitrogens with one attached hydrogen (secondary N) is 1. The second-order valence-electron chi connectivity index (χ2n) is 10.7. The Balaban J connectivity index is 1.75. The number of carbonyl (C=O) groups excluding carboxylic acids is 2. The molecule has 6 aromatic carbocycles. The molecule has 0 atom stereocenters. The van der Waals surface area contributed by atoms with Crippen LogP contribution >= 0.6 is 7.26 Å². The molecule has 0 aliphatic rings. The number of carbonyl (C=O) groups is 2. The van der Waals surface area contributed by atoms with Gasteiger partial charge in [0.05, 0.1) is 0 Å². The summed E-state index contributed by atoms with van der Waals surface area (Å²) in [5.74, 6) is -0.482. The van der Waals surface area contributed by atoms with Crippen LogP contribution in [0.1, 0.15) is 21.5 Å². The van der Waals surface area contributed by atoms with E-state index in [1.54, 1.807) is 12.1 Å². The zero-order valence-electron chi connectivity index (χ0n) is 24.8. The van der Waals surface area contributed by atoms with E-state index in [-0.39, 0.29) is 18.1 Å². The van der Waals surface area contributed by atoms with Crippen LogP contribution in [0, 0.1) is 0 Å². The molecule has 0 spiro atoms. The molecule has 0 saturated carbocycles. The molecule has 0 unspecified atom stereocenters. The Hall–Kier alpha value is -5.37. The van der Waals surface area contributed by atoms with Gasteiger partial charge in [0.2, 0.25) is 0 Å². The van der Waals surface area contributed by atoms with Crippen molar-refractivity contribution in [1.29, 1.82) is 0 Å². The van der Waals surface area contributed by atoms with E-state index in [9.17, 15) is 9.59 Å². The minimum Gasteiger partial charge on any atom is -0.316 e. The number of hydrogen-bond donors (Lipinski definition) is 1. The van der Waals surface area contributed by atoms with Gasteiger partial charge in [0.25, 0.3) is 5.91 Å². The molecule has 1 N–H and O–H groups in total. The lowest BCUT2D eigenvalue weighted by molar-refractivity contribution is -0.115. The molecule has 6 aromatic rings. The normalized spacial score (nSPS) is 11.7. The minimum atomic E-state index is -2.80. The van der Waals surface area contributed by atoms with Crippen molar-refractivity contribution >= 4 is 40.2 Å². The summed E-state index contributed by atoms with van der Waals surface area (Å²) in [6.07, 6.45) is 0.139. The second kappa shape index (κ2) is 13.9. The van der Waals surface area contributed by atoms with Crippen molar-refractivity contribution in [2.75, 3.05) is 0 Å². The Kier molecular flexibility index (Phi) is 9.20. The van der Waals surface area contributed by atoms with Crippen LogP contribution in [0.2, 0.25) is 0 Å². The molecule has 0 aliphatic carbocycles. The minimum absolute atomic E-state index is 0.139. The summed E-state index contributed by atoms with van der Waals surface area (Å²) in [6.45, 7) is 0. The van der Waals surface area contributed by atoms with Crippen LogP contribution < -0.4 is 21.2 Å². The quantitative estimate of drug-likeness (QED) is 0.130. The van der Waals surface area contributed by atoms with E-state index in [1.807, 2.05) is 133 Å². The fourth-order valence-electron chi connectivity index (χ4n) is 5.80. The van der Waals surface area contributed by atoms with Gasteiger partial charge in [-0.25, -0.2) is 0 Å². The third-order valence-electron chi connectivity index (χ3n) is 7.81. The maximum Gasteiger partial charge on any atom is 0.255 e. The molecule has 45 heavy (non-hydrogen) atoms. The van der Waals surface area contributed by atoms with Crippen molar-refractivity contribution in [2.45, 2.75) is 6.42 Å². The molecule has 0 bridgehead atoms. The summed E-state index contributed by atoms with van der Waals surface area (Å²) < 4.78 is 0. The average molecular weight is 603 g/mol. The molecule has 0 fully saturated rings. The van der Waals surface area contributed by atoms with E-state index in [1.165, 1.54) is 0 Å². The van der Waals surface area contributed by atoms with Gasteiger partial charge < -0.3 is 5.32 Å². The van der Waals surface area contributed by atoms with Gasteiger partial charge in [-0.2, -0.15) is 0 Å². The van der Waals surface area contributed by atoms with E-state index < -0.39 is 7.26 Å². The van der Waals surface area contributed by atoms with E-state index >= 15 is 0 Å². The summed E-state index contributed by atoms with van der Waals surface area (Å²) in [5.41, 5.74) is 2.55. The van der Waals surface area contributed by atoms with Crippen LogP contribution in [-0.2, 0) is 11.2 Å². The summed E-state index contributed by atoms with van der Waals surface area (Å²) >= 11 is 0. The van der Waals surface area contributed by atoms with Gasteiger partial charge in [-0.05, 0) is 54.1 Å². The zero-order chi connectivity index (χ0) is 30.9. The monoisotopic (exact) mass is 602 g/mol. The smallest absolute Gasteiger partial charge is 0.255 e. The SMILES string of the molecule is O=C(Cc1ccccc1)/C(NC(=O)c1ccccc1)=C(\c1ccccc1)[P+](c1ccccc1)(c1ccccc1)c1ccccc1. The first-order valence-electron chi connectivity index (χ1n) is 15.0. The third-order valence-corrected chi connectivity index (χ3v) is 12.2. The number of rotatable bonds is 10. The van der Waals surface area contributed by atoms with Gasteiger partial charge in [0.15, 0.2) is 5.78 Å². The van der Waals surface area contributed by atoms with Crippen LogP contribution in [0.15, 0.2) is 188 Å². The number of ketones is 1. The van der Waals surface area contributed by atoms with Crippen molar-refractivity contribution in [1.82, 2.24) is 5.32 Å². The largest absolute Gasteiger partial charge is 0.316 e. The van der Waals surface area contributed by atoms with Gasteiger partial charge in [-0.15, -0.1) is 0 Å². The maximum absolute atomic E-state index is 14.8. The molecule has 218 valence electrons. The highest BCUT2D eigenvalue weighted by Crippen LogP contribution is 2.67. The Labute approximate surface area is 265 Å². The van der Waals surface area contributed by atoms with Crippen LogP contribution in [0.25, 0.3) is 5.31 Å². The molecular formula is C41H33NO2P+. The Morgan fingerprint density at radius 3 is 1.22 bits per heavy atom. The lowest BCUT2D eigenvalue weighted by atomic mass is 10.0. The van der Waals surface area contributed by atoms with Gasteiger partial charge in [-0.1, -0.05) is 133 Å². The molecule has 4 heteroatoms. The molecule has 1 amide bonds. The predicted octanol–water partition coefficient (Wildman–Crippen LogP) is 7.59. The van der Waals surface area contributed by atoms with Crippen molar-refractivity contribution < 1.29 is 9.59 Å². The number of allylic oxidation sites excluding steroid dienone is 1. The second-order valence-corrected chi connectivity index (χ2v) is 14.0. The van der Waals surface area contributed by atoms with E-state index in [0.29, 0.717) is 11.3 Å². The predicted molar refractivity (Wildman–Crippen MR) is 188 cm³/mol. The maximum atomic E-state index is 14.8. The van der Waals surface area contributed by atoms with Crippen molar-refractivity contribution in [3.63, 3.8) is 0 Å². The van der Waals surface area contributed by atoms with Gasteiger partial charge in [0, 0.05) is 17.5 Å². The van der Waals surface area contributed by atoms with Gasteiger partial charge >= 0.3 is 0 Å². The molecule has 0 aromatic heterocycles. The van der Waals surface area contributed by atoms with Crippen molar-refractivity contribution in [3.05, 3.63) is 204 Å². The fourth-order valence-corrected chi connectivity index (χ4v) is 10.4. The standard InChI is InChI=1S/C41H32NO2P/c43-38(31-32-19-7-1-8-20-32)39(42-41(44)34-23-11-3-12-24-34)40(33-21-9-2-10-22-33)45(35-25-13-4-14-26-35,36-27-15-5-16-28-36)37-29-17-6-18-30-37/h1-30H,31H2/p+1/b40-39-. The topological polar surface area (TPSA) is 46.2 Å². The lowest BCUT2D eigenvalue weighted by Gasteiger charge is -2.31. The Morgan fingerprint density at radius 2 is 0.800 bits per heavy atom. The summed E-state index contributed by atoms with van der Waals surface area (Å²) in [7, 11) is -2.80. The number of amides is 1. The van der Waals surface area contributed by atoms with Crippen molar-refractivity contribution in [2.24, 2.45) is 0 Å².